The third-order valence-corrected chi connectivity index (χ3v) is 3.18. The van der Waals surface area contributed by atoms with Crippen molar-refractivity contribution in [2.24, 2.45) is 0 Å². The Morgan fingerprint density at radius 3 is 2.72 bits per heavy atom. The molecule has 0 unspecified atom stereocenters. The summed E-state index contributed by atoms with van der Waals surface area (Å²) in [5.41, 5.74) is 3.63. The second-order valence-corrected chi connectivity index (χ2v) is 4.42. The van der Waals surface area contributed by atoms with Gasteiger partial charge in [-0.25, -0.2) is 0 Å². The fourth-order valence-electron chi connectivity index (χ4n) is 2.26. The standard InChI is InChI=1S/C15H13NO2/c1-10-4-3-7-16-13(10)8-12(14(16)9-17)15-6-5-11(2)18-15/h3-9H,1-2H3. The van der Waals surface area contributed by atoms with Gasteiger partial charge >= 0.3 is 0 Å². The van der Waals surface area contributed by atoms with Crippen molar-refractivity contribution in [1.29, 1.82) is 0 Å². The molecular formula is C15H13NO2. The summed E-state index contributed by atoms with van der Waals surface area (Å²) in [4.78, 5) is 11.3. The molecule has 3 heterocycles. The molecule has 0 aliphatic heterocycles. The first-order chi connectivity index (χ1) is 8.70. The van der Waals surface area contributed by atoms with Crippen molar-refractivity contribution in [3.05, 3.63) is 53.5 Å². The molecule has 0 N–H and O–H groups in total. The Kier molecular flexibility index (Phi) is 2.33. The highest BCUT2D eigenvalue weighted by molar-refractivity contribution is 5.89. The molecule has 0 aromatic carbocycles. The lowest BCUT2D eigenvalue weighted by Crippen LogP contribution is -1.92. The molecule has 90 valence electrons. The van der Waals surface area contributed by atoms with Crippen molar-refractivity contribution in [1.82, 2.24) is 4.40 Å². The molecule has 0 aliphatic rings. The SMILES string of the molecule is Cc1ccc(-c2cc3c(C)cccn3c2C=O)o1. The smallest absolute Gasteiger partial charge is 0.167 e. The fourth-order valence-corrected chi connectivity index (χ4v) is 2.26. The highest BCUT2D eigenvalue weighted by atomic mass is 16.3. The molecule has 3 aromatic heterocycles. The quantitative estimate of drug-likeness (QED) is 0.640. The van der Waals surface area contributed by atoms with Gasteiger partial charge in [-0.1, -0.05) is 6.07 Å². The number of nitrogens with zero attached hydrogens (tertiary/aromatic N) is 1. The molecule has 0 bridgehead atoms. The Bertz CT molecular complexity index is 734. The number of furan rings is 1. The largest absolute Gasteiger partial charge is 0.461 e. The molecule has 0 saturated heterocycles. The van der Waals surface area contributed by atoms with E-state index in [-0.39, 0.29) is 0 Å². The summed E-state index contributed by atoms with van der Waals surface area (Å²) in [6.45, 7) is 3.92. The minimum absolute atomic E-state index is 0.628. The van der Waals surface area contributed by atoms with Crippen LogP contribution in [0.25, 0.3) is 16.8 Å². The topological polar surface area (TPSA) is 34.6 Å². The van der Waals surface area contributed by atoms with Gasteiger partial charge in [0.15, 0.2) is 6.29 Å². The molecule has 3 heteroatoms. The number of hydrogen-bond donors (Lipinski definition) is 0. The zero-order valence-electron chi connectivity index (χ0n) is 10.3. The van der Waals surface area contributed by atoms with Gasteiger partial charge in [0.1, 0.15) is 11.5 Å². The van der Waals surface area contributed by atoms with E-state index in [1.165, 1.54) is 0 Å². The van der Waals surface area contributed by atoms with Crippen LogP contribution in [-0.2, 0) is 0 Å². The summed E-state index contributed by atoms with van der Waals surface area (Å²) in [6.07, 6.45) is 2.77. The maximum atomic E-state index is 11.3. The van der Waals surface area contributed by atoms with E-state index < -0.39 is 0 Å². The van der Waals surface area contributed by atoms with Crippen molar-refractivity contribution in [3.63, 3.8) is 0 Å². The monoisotopic (exact) mass is 239 g/mol. The van der Waals surface area contributed by atoms with E-state index >= 15 is 0 Å². The first kappa shape index (κ1) is 10.8. The first-order valence-corrected chi connectivity index (χ1v) is 5.83. The van der Waals surface area contributed by atoms with E-state index in [0.717, 1.165) is 34.5 Å². The van der Waals surface area contributed by atoms with Gasteiger partial charge in [-0.3, -0.25) is 4.79 Å². The summed E-state index contributed by atoms with van der Waals surface area (Å²) < 4.78 is 7.51. The summed E-state index contributed by atoms with van der Waals surface area (Å²) in [5, 5.41) is 0. The average molecular weight is 239 g/mol. The third kappa shape index (κ3) is 1.48. The predicted octanol–water partition coefficient (Wildman–Crippen LogP) is 3.63. The maximum Gasteiger partial charge on any atom is 0.167 e. The van der Waals surface area contributed by atoms with E-state index in [9.17, 15) is 4.79 Å². The molecule has 0 fully saturated rings. The number of pyridine rings is 1. The molecule has 0 amide bonds. The van der Waals surface area contributed by atoms with Crippen molar-refractivity contribution in [2.75, 3.05) is 0 Å². The van der Waals surface area contributed by atoms with Crippen LogP contribution >= 0.6 is 0 Å². The third-order valence-electron chi connectivity index (χ3n) is 3.18. The van der Waals surface area contributed by atoms with Crippen LogP contribution in [0, 0.1) is 13.8 Å². The summed E-state index contributed by atoms with van der Waals surface area (Å²) >= 11 is 0. The number of fused-ring (bicyclic) bond motifs is 1. The molecular weight excluding hydrogens is 226 g/mol. The Hall–Kier alpha value is -2.29. The number of aldehydes is 1. The van der Waals surface area contributed by atoms with Crippen LogP contribution in [-0.4, -0.2) is 10.7 Å². The van der Waals surface area contributed by atoms with Crippen LogP contribution < -0.4 is 0 Å². The van der Waals surface area contributed by atoms with Gasteiger partial charge in [0.25, 0.3) is 0 Å². The van der Waals surface area contributed by atoms with Crippen LogP contribution in [0.3, 0.4) is 0 Å². The average Bonchev–Trinajstić information content (AvgIpc) is 2.93. The van der Waals surface area contributed by atoms with E-state index in [1.54, 1.807) is 0 Å². The highest BCUT2D eigenvalue weighted by Crippen LogP contribution is 2.29. The zero-order valence-corrected chi connectivity index (χ0v) is 10.3. The van der Waals surface area contributed by atoms with Gasteiger partial charge in [-0.05, 0) is 43.7 Å². The van der Waals surface area contributed by atoms with Crippen molar-refractivity contribution >= 4 is 11.8 Å². The second kappa shape index (κ2) is 3.88. The lowest BCUT2D eigenvalue weighted by molar-refractivity contribution is 0.111. The van der Waals surface area contributed by atoms with Gasteiger partial charge in [0.05, 0.1) is 5.69 Å². The fraction of sp³-hybridized carbons (Fsp3) is 0.133. The number of carbonyl (C=O) groups is 1. The molecule has 0 saturated carbocycles. The summed E-state index contributed by atoms with van der Waals surface area (Å²) in [7, 11) is 0. The Morgan fingerprint density at radius 2 is 2.06 bits per heavy atom. The molecule has 3 rings (SSSR count). The van der Waals surface area contributed by atoms with Crippen molar-refractivity contribution in [2.45, 2.75) is 13.8 Å². The van der Waals surface area contributed by atoms with Gasteiger partial charge in [-0.2, -0.15) is 0 Å². The Labute approximate surface area is 105 Å². The first-order valence-electron chi connectivity index (χ1n) is 5.83. The molecule has 0 spiro atoms. The van der Waals surface area contributed by atoms with E-state index in [2.05, 4.69) is 0 Å². The summed E-state index contributed by atoms with van der Waals surface area (Å²) in [6, 6.07) is 9.76. The molecule has 18 heavy (non-hydrogen) atoms. The maximum absolute atomic E-state index is 11.3. The van der Waals surface area contributed by atoms with Crippen LogP contribution in [0.15, 0.2) is 40.9 Å². The molecule has 0 atom stereocenters. The van der Waals surface area contributed by atoms with Crippen LogP contribution in [0.5, 0.6) is 0 Å². The predicted molar refractivity (Wildman–Crippen MR) is 70.0 cm³/mol. The number of hydrogen-bond acceptors (Lipinski definition) is 2. The van der Waals surface area contributed by atoms with Crippen LogP contribution in [0.1, 0.15) is 21.8 Å². The van der Waals surface area contributed by atoms with Crippen molar-refractivity contribution < 1.29 is 9.21 Å². The summed E-state index contributed by atoms with van der Waals surface area (Å²) in [5.74, 6) is 1.58. The molecule has 3 nitrogen and oxygen atoms in total. The molecule has 3 aromatic rings. The van der Waals surface area contributed by atoms with Crippen LogP contribution in [0.2, 0.25) is 0 Å². The second-order valence-electron chi connectivity index (χ2n) is 4.42. The van der Waals surface area contributed by atoms with E-state index in [1.807, 2.05) is 54.8 Å². The number of rotatable bonds is 2. The normalized spacial score (nSPS) is 11.0. The van der Waals surface area contributed by atoms with E-state index in [0.29, 0.717) is 5.69 Å². The van der Waals surface area contributed by atoms with Gasteiger partial charge < -0.3 is 8.82 Å². The van der Waals surface area contributed by atoms with Gasteiger partial charge in [-0.15, -0.1) is 0 Å². The van der Waals surface area contributed by atoms with Gasteiger partial charge in [0, 0.05) is 17.3 Å². The number of carbonyl (C=O) groups excluding carboxylic acids is 1. The number of aryl methyl sites for hydroxylation is 2. The number of aromatic nitrogens is 1. The molecule has 0 radical (unpaired) electrons. The van der Waals surface area contributed by atoms with Crippen molar-refractivity contribution in [3.8, 4) is 11.3 Å². The van der Waals surface area contributed by atoms with E-state index in [4.69, 9.17) is 4.42 Å². The van der Waals surface area contributed by atoms with Gasteiger partial charge in [0.2, 0.25) is 0 Å². The lowest BCUT2D eigenvalue weighted by atomic mass is 10.2. The van der Waals surface area contributed by atoms with Crippen LogP contribution in [0.4, 0.5) is 0 Å². The minimum Gasteiger partial charge on any atom is -0.461 e. The Morgan fingerprint density at radius 1 is 1.22 bits per heavy atom. The Balaban J connectivity index is 2.36. The zero-order chi connectivity index (χ0) is 12.7. The lowest BCUT2D eigenvalue weighted by Gasteiger charge is -1.99. The highest BCUT2D eigenvalue weighted by Gasteiger charge is 2.14. The molecule has 0 aliphatic carbocycles. The minimum atomic E-state index is 0.628.